The fourth-order valence-electron chi connectivity index (χ4n) is 1.10. The number of hydrogen-bond donors (Lipinski definition) is 0. The summed E-state index contributed by atoms with van der Waals surface area (Å²) in [7, 11) is 0. The standard InChI is InChI=1S/C9H5Cl2F3O/c1-4-2-7(10)6(9(12,13)14)3-5(4)8(11)15/h2-3H,1H3. The van der Waals surface area contributed by atoms with Crippen molar-refractivity contribution in [3.63, 3.8) is 0 Å². The van der Waals surface area contributed by atoms with Gasteiger partial charge in [-0.2, -0.15) is 13.2 Å². The van der Waals surface area contributed by atoms with Gasteiger partial charge in [0.2, 0.25) is 0 Å². The van der Waals surface area contributed by atoms with Crippen LogP contribution < -0.4 is 0 Å². The van der Waals surface area contributed by atoms with Gasteiger partial charge in [0.1, 0.15) is 0 Å². The Morgan fingerprint density at radius 2 is 1.87 bits per heavy atom. The van der Waals surface area contributed by atoms with Gasteiger partial charge in [-0.1, -0.05) is 11.6 Å². The quantitative estimate of drug-likeness (QED) is 0.693. The van der Waals surface area contributed by atoms with Gasteiger partial charge < -0.3 is 0 Å². The van der Waals surface area contributed by atoms with E-state index in [1.54, 1.807) is 0 Å². The van der Waals surface area contributed by atoms with E-state index in [0.717, 1.165) is 6.07 Å². The summed E-state index contributed by atoms with van der Waals surface area (Å²) in [4.78, 5) is 10.8. The minimum atomic E-state index is -4.59. The molecular formula is C9H5Cl2F3O. The minimum Gasteiger partial charge on any atom is -0.276 e. The van der Waals surface area contributed by atoms with Gasteiger partial charge >= 0.3 is 6.18 Å². The fourth-order valence-corrected chi connectivity index (χ4v) is 1.63. The Balaban J connectivity index is 3.43. The first-order valence-electron chi connectivity index (χ1n) is 3.80. The molecule has 1 aromatic carbocycles. The van der Waals surface area contributed by atoms with Crippen LogP contribution in [0.5, 0.6) is 0 Å². The maximum Gasteiger partial charge on any atom is 0.417 e. The van der Waals surface area contributed by atoms with E-state index in [-0.39, 0.29) is 5.56 Å². The van der Waals surface area contributed by atoms with Crippen LogP contribution in [-0.4, -0.2) is 5.24 Å². The lowest BCUT2D eigenvalue weighted by atomic mass is 10.1. The second kappa shape index (κ2) is 4.02. The van der Waals surface area contributed by atoms with Crippen LogP contribution in [0.1, 0.15) is 21.5 Å². The zero-order chi connectivity index (χ0) is 11.8. The van der Waals surface area contributed by atoms with Gasteiger partial charge in [-0.3, -0.25) is 4.79 Å². The van der Waals surface area contributed by atoms with Crippen LogP contribution >= 0.6 is 23.2 Å². The van der Waals surface area contributed by atoms with Crippen LogP contribution in [0.2, 0.25) is 5.02 Å². The van der Waals surface area contributed by atoms with E-state index in [4.69, 9.17) is 23.2 Å². The number of carbonyl (C=O) groups is 1. The Kier molecular flexibility index (Phi) is 3.31. The molecule has 0 saturated carbocycles. The Morgan fingerprint density at radius 3 is 2.27 bits per heavy atom. The molecule has 0 unspecified atom stereocenters. The molecule has 0 radical (unpaired) electrons. The van der Waals surface area contributed by atoms with Crippen LogP contribution in [0.15, 0.2) is 12.1 Å². The first-order valence-corrected chi connectivity index (χ1v) is 4.56. The summed E-state index contributed by atoms with van der Waals surface area (Å²) >= 11 is 10.5. The lowest BCUT2D eigenvalue weighted by Gasteiger charge is -2.11. The lowest BCUT2D eigenvalue weighted by molar-refractivity contribution is -0.137. The molecule has 0 saturated heterocycles. The molecule has 0 aliphatic carbocycles. The van der Waals surface area contributed by atoms with Crippen molar-refractivity contribution in [3.05, 3.63) is 33.8 Å². The summed E-state index contributed by atoms with van der Waals surface area (Å²) in [5.41, 5.74) is -0.930. The smallest absolute Gasteiger partial charge is 0.276 e. The molecule has 1 nitrogen and oxygen atoms in total. The van der Waals surface area contributed by atoms with Crippen LogP contribution in [0.25, 0.3) is 0 Å². The first kappa shape index (κ1) is 12.3. The normalized spacial score (nSPS) is 11.6. The van der Waals surface area contributed by atoms with Crippen LogP contribution in [0, 0.1) is 6.92 Å². The van der Waals surface area contributed by atoms with Gasteiger partial charge in [0.25, 0.3) is 5.24 Å². The van der Waals surface area contributed by atoms with Gasteiger partial charge in [0, 0.05) is 5.56 Å². The molecule has 0 fully saturated rings. The highest BCUT2D eigenvalue weighted by molar-refractivity contribution is 6.68. The Morgan fingerprint density at radius 1 is 1.33 bits per heavy atom. The average Bonchev–Trinajstić information content (AvgIpc) is 2.00. The molecule has 0 heterocycles. The SMILES string of the molecule is Cc1cc(Cl)c(C(F)(F)F)cc1C(=O)Cl. The van der Waals surface area contributed by atoms with E-state index in [1.807, 2.05) is 0 Å². The van der Waals surface area contributed by atoms with Gasteiger partial charge in [-0.15, -0.1) is 0 Å². The van der Waals surface area contributed by atoms with Crippen molar-refractivity contribution in [3.8, 4) is 0 Å². The summed E-state index contributed by atoms with van der Waals surface area (Å²) in [5.74, 6) is 0. The van der Waals surface area contributed by atoms with E-state index in [0.29, 0.717) is 11.6 Å². The minimum absolute atomic E-state index is 0.187. The van der Waals surface area contributed by atoms with Crippen molar-refractivity contribution >= 4 is 28.4 Å². The Hall–Kier alpha value is -0.740. The zero-order valence-electron chi connectivity index (χ0n) is 7.45. The number of carbonyl (C=O) groups excluding carboxylic acids is 1. The predicted octanol–water partition coefficient (Wildman–Crippen LogP) is 4.05. The molecule has 0 aromatic heterocycles. The van der Waals surface area contributed by atoms with E-state index >= 15 is 0 Å². The number of aryl methyl sites for hydroxylation is 1. The molecule has 0 spiro atoms. The van der Waals surface area contributed by atoms with Crippen molar-refractivity contribution < 1.29 is 18.0 Å². The number of alkyl halides is 3. The maximum atomic E-state index is 12.4. The largest absolute Gasteiger partial charge is 0.417 e. The van der Waals surface area contributed by atoms with Crippen molar-refractivity contribution in [2.75, 3.05) is 0 Å². The molecule has 0 amide bonds. The number of halogens is 5. The summed E-state index contributed by atoms with van der Waals surface area (Å²) in [6, 6.07) is 1.73. The Bertz CT molecular complexity index is 413. The van der Waals surface area contributed by atoms with E-state index in [1.165, 1.54) is 6.92 Å². The molecule has 1 rings (SSSR count). The molecule has 0 aliphatic heterocycles. The summed E-state index contributed by atoms with van der Waals surface area (Å²) in [6.45, 7) is 1.46. The van der Waals surface area contributed by atoms with Gasteiger partial charge in [0.15, 0.2) is 0 Å². The molecule has 0 aliphatic rings. The van der Waals surface area contributed by atoms with Gasteiger partial charge in [-0.25, -0.2) is 0 Å². The first-order chi connectivity index (χ1) is 6.73. The molecule has 0 N–H and O–H groups in total. The zero-order valence-corrected chi connectivity index (χ0v) is 8.96. The summed E-state index contributed by atoms with van der Waals surface area (Å²) in [5, 5.41) is -1.38. The molecule has 15 heavy (non-hydrogen) atoms. The second-order valence-electron chi connectivity index (χ2n) is 2.92. The molecular weight excluding hydrogens is 252 g/mol. The lowest BCUT2D eigenvalue weighted by Crippen LogP contribution is -2.08. The van der Waals surface area contributed by atoms with Crippen LogP contribution in [-0.2, 0) is 6.18 Å². The summed E-state index contributed by atoms with van der Waals surface area (Å²) in [6.07, 6.45) is -4.59. The third-order valence-corrected chi connectivity index (χ3v) is 2.35. The summed E-state index contributed by atoms with van der Waals surface area (Å²) < 4.78 is 37.2. The second-order valence-corrected chi connectivity index (χ2v) is 3.67. The van der Waals surface area contributed by atoms with E-state index in [2.05, 4.69) is 0 Å². The van der Waals surface area contributed by atoms with E-state index in [9.17, 15) is 18.0 Å². The highest BCUT2D eigenvalue weighted by atomic mass is 35.5. The molecule has 1 aromatic rings. The van der Waals surface area contributed by atoms with Crippen molar-refractivity contribution in [1.82, 2.24) is 0 Å². The fraction of sp³-hybridized carbons (Fsp3) is 0.222. The molecule has 82 valence electrons. The molecule has 0 bridgehead atoms. The van der Waals surface area contributed by atoms with Crippen molar-refractivity contribution in [2.24, 2.45) is 0 Å². The topological polar surface area (TPSA) is 17.1 Å². The van der Waals surface area contributed by atoms with Gasteiger partial charge in [0.05, 0.1) is 10.6 Å². The van der Waals surface area contributed by atoms with Crippen LogP contribution in [0.3, 0.4) is 0 Å². The highest BCUT2D eigenvalue weighted by Crippen LogP contribution is 2.36. The van der Waals surface area contributed by atoms with Crippen LogP contribution in [0.4, 0.5) is 13.2 Å². The number of rotatable bonds is 1. The third-order valence-electron chi connectivity index (χ3n) is 1.83. The van der Waals surface area contributed by atoms with Crippen molar-refractivity contribution in [1.29, 1.82) is 0 Å². The maximum absolute atomic E-state index is 12.4. The molecule has 6 heteroatoms. The highest BCUT2D eigenvalue weighted by Gasteiger charge is 2.34. The number of hydrogen-bond acceptors (Lipinski definition) is 1. The monoisotopic (exact) mass is 256 g/mol. The average molecular weight is 257 g/mol. The van der Waals surface area contributed by atoms with E-state index < -0.39 is 22.0 Å². The van der Waals surface area contributed by atoms with Crippen molar-refractivity contribution in [2.45, 2.75) is 13.1 Å². The Labute approximate surface area is 93.8 Å². The predicted molar refractivity (Wildman–Crippen MR) is 51.4 cm³/mol. The molecule has 0 atom stereocenters. The third kappa shape index (κ3) is 2.63. The number of benzene rings is 1. The van der Waals surface area contributed by atoms with Gasteiger partial charge in [-0.05, 0) is 36.2 Å².